The highest BCUT2D eigenvalue weighted by molar-refractivity contribution is 9.18. The van der Waals surface area contributed by atoms with Crippen molar-refractivity contribution < 1.29 is 18.0 Å². The van der Waals surface area contributed by atoms with Crippen molar-refractivity contribution in [3.05, 3.63) is 59.7 Å². The van der Waals surface area contributed by atoms with E-state index in [-0.39, 0.29) is 4.69 Å². The Morgan fingerprint density at radius 3 is 2.05 bits per heavy atom. The summed E-state index contributed by atoms with van der Waals surface area (Å²) < 4.78 is 37.1. The molecular weight excluding hydrogens is 321 g/mol. The zero-order valence-electron chi connectivity index (χ0n) is 9.54. The highest BCUT2D eigenvalue weighted by Crippen LogP contribution is 2.32. The van der Waals surface area contributed by atoms with Crippen molar-refractivity contribution in [3.63, 3.8) is 0 Å². The minimum Gasteiger partial charge on any atom is -0.281 e. The molecule has 19 heavy (non-hydrogen) atoms. The van der Waals surface area contributed by atoms with Crippen molar-refractivity contribution in [2.45, 2.75) is 6.18 Å². The van der Waals surface area contributed by atoms with Crippen LogP contribution < -0.4 is 0 Å². The monoisotopic (exact) mass is 328 g/mol. The lowest BCUT2D eigenvalue weighted by atomic mass is 9.99. The Balaban J connectivity index is 2.46. The molecule has 0 radical (unpaired) electrons. The third-order valence-electron chi connectivity index (χ3n) is 2.66. The lowest BCUT2D eigenvalue weighted by Gasteiger charge is -2.09. The summed E-state index contributed by atoms with van der Waals surface area (Å²) in [5.41, 5.74) is 0.871. The lowest BCUT2D eigenvalue weighted by molar-refractivity contribution is -0.137. The van der Waals surface area contributed by atoms with Gasteiger partial charge in [-0.15, -0.1) is 0 Å². The van der Waals surface area contributed by atoms with Crippen LogP contribution in [-0.2, 0) is 6.18 Å². The maximum atomic E-state index is 12.5. The van der Waals surface area contributed by atoms with E-state index in [1.165, 1.54) is 12.1 Å². The summed E-state index contributed by atoms with van der Waals surface area (Å²) in [5, 5.41) is 0. The molecule has 0 fully saturated rings. The van der Waals surface area contributed by atoms with Gasteiger partial charge in [-0.2, -0.15) is 13.2 Å². The number of carbonyl (C=O) groups is 1. The van der Waals surface area contributed by atoms with Gasteiger partial charge in [-0.1, -0.05) is 30.3 Å². The van der Waals surface area contributed by atoms with E-state index in [9.17, 15) is 18.0 Å². The maximum absolute atomic E-state index is 12.5. The Kier molecular flexibility index (Phi) is 3.75. The summed E-state index contributed by atoms with van der Waals surface area (Å²) in [4.78, 5) is 11.4. The minimum absolute atomic E-state index is 0.303. The smallest absolute Gasteiger partial charge is 0.281 e. The molecule has 0 bridgehead atoms. The number of halogens is 4. The van der Waals surface area contributed by atoms with Crippen LogP contribution in [0.25, 0.3) is 11.1 Å². The molecule has 0 saturated heterocycles. The number of benzene rings is 2. The molecule has 0 heterocycles. The average molecular weight is 329 g/mol. The fourth-order valence-electron chi connectivity index (χ4n) is 1.75. The van der Waals surface area contributed by atoms with Gasteiger partial charge in [-0.3, -0.25) is 4.79 Å². The average Bonchev–Trinajstić information content (AvgIpc) is 2.38. The first-order valence-electron chi connectivity index (χ1n) is 5.36. The molecule has 0 saturated carbocycles. The van der Waals surface area contributed by atoms with Crippen LogP contribution in [0.5, 0.6) is 0 Å². The van der Waals surface area contributed by atoms with Gasteiger partial charge in [-0.05, 0) is 45.3 Å². The van der Waals surface area contributed by atoms with Gasteiger partial charge in [0.2, 0.25) is 4.69 Å². The molecule has 2 aromatic carbocycles. The molecule has 0 aliphatic heterocycles. The largest absolute Gasteiger partial charge is 0.416 e. The van der Waals surface area contributed by atoms with Crippen molar-refractivity contribution in [1.82, 2.24) is 0 Å². The third kappa shape index (κ3) is 3.04. The number of alkyl halides is 3. The van der Waals surface area contributed by atoms with Gasteiger partial charge in [0, 0.05) is 5.56 Å². The number of carbonyl (C=O) groups excluding carboxylic acids is 1. The molecule has 0 atom stereocenters. The summed E-state index contributed by atoms with van der Waals surface area (Å²) in [6.45, 7) is 0. The van der Waals surface area contributed by atoms with Gasteiger partial charge >= 0.3 is 6.18 Å². The molecule has 0 aromatic heterocycles. The summed E-state index contributed by atoms with van der Waals surface area (Å²) in [6, 6.07) is 11.5. The van der Waals surface area contributed by atoms with Crippen molar-refractivity contribution in [3.8, 4) is 11.1 Å². The van der Waals surface area contributed by atoms with E-state index in [4.69, 9.17) is 0 Å². The van der Waals surface area contributed by atoms with Gasteiger partial charge in [-0.25, -0.2) is 0 Å². The van der Waals surface area contributed by atoms with E-state index in [1.807, 2.05) is 0 Å². The molecular formula is C14H8BrF3O. The van der Waals surface area contributed by atoms with E-state index >= 15 is 0 Å². The van der Waals surface area contributed by atoms with E-state index in [0.29, 0.717) is 16.7 Å². The Hall–Kier alpha value is -1.62. The Bertz CT molecular complexity index is 603. The van der Waals surface area contributed by atoms with E-state index in [2.05, 4.69) is 15.9 Å². The molecule has 0 N–H and O–H groups in total. The highest BCUT2D eigenvalue weighted by atomic mass is 79.9. The van der Waals surface area contributed by atoms with Gasteiger partial charge in [0.1, 0.15) is 0 Å². The highest BCUT2D eigenvalue weighted by Gasteiger charge is 2.30. The molecule has 2 rings (SSSR count). The lowest BCUT2D eigenvalue weighted by Crippen LogP contribution is -2.04. The normalized spacial score (nSPS) is 11.4. The quantitative estimate of drug-likeness (QED) is 0.716. The molecule has 1 nitrogen and oxygen atoms in total. The van der Waals surface area contributed by atoms with Gasteiger partial charge < -0.3 is 0 Å². The molecule has 0 unspecified atom stereocenters. The van der Waals surface area contributed by atoms with E-state index in [0.717, 1.165) is 12.1 Å². The van der Waals surface area contributed by atoms with Crippen molar-refractivity contribution in [2.75, 3.05) is 0 Å². The van der Waals surface area contributed by atoms with Crippen LogP contribution in [0.15, 0.2) is 48.5 Å². The van der Waals surface area contributed by atoms with E-state index in [1.54, 1.807) is 24.3 Å². The zero-order valence-corrected chi connectivity index (χ0v) is 11.1. The Morgan fingerprint density at radius 2 is 1.53 bits per heavy atom. The summed E-state index contributed by atoms with van der Waals surface area (Å²) in [7, 11) is 0. The predicted octanol–water partition coefficient (Wildman–Crippen LogP) is 4.91. The molecule has 5 heteroatoms. The van der Waals surface area contributed by atoms with Gasteiger partial charge in [0.25, 0.3) is 0 Å². The maximum Gasteiger partial charge on any atom is 0.416 e. The summed E-state index contributed by atoms with van der Waals surface area (Å²) in [5.74, 6) is 0. The topological polar surface area (TPSA) is 17.1 Å². The van der Waals surface area contributed by atoms with Crippen LogP contribution in [0.2, 0.25) is 0 Å². The predicted molar refractivity (Wildman–Crippen MR) is 70.1 cm³/mol. The second-order valence-electron chi connectivity index (χ2n) is 3.89. The SMILES string of the molecule is O=C(Br)c1ccccc1-c1ccc(C(F)(F)F)cc1. The Labute approximate surface area is 116 Å². The Morgan fingerprint density at radius 1 is 0.947 bits per heavy atom. The fourth-order valence-corrected chi connectivity index (χ4v) is 2.09. The minimum atomic E-state index is -4.36. The summed E-state index contributed by atoms with van der Waals surface area (Å²) >= 11 is 2.86. The number of hydrogen-bond donors (Lipinski definition) is 0. The first-order valence-corrected chi connectivity index (χ1v) is 6.15. The fraction of sp³-hybridized carbons (Fsp3) is 0.0714. The first kappa shape index (κ1) is 13.8. The van der Waals surface area contributed by atoms with Gasteiger partial charge in [0.15, 0.2) is 0 Å². The second kappa shape index (κ2) is 5.17. The summed E-state index contributed by atoms with van der Waals surface area (Å²) in [6.07, 6.45) is -4.36. The van der Waals surface area contributed by atoms with E-state index < -0.39 is 11.7 Å². The second-order valence-corrected chi connectivity index (χ2v) is 4.61. The van der Waals surface area contributed by atoms with Crippen LogP contribution in [0.1, 0.15) is 15.9 Å². The standard InChI is InChI=1S/C14H8BrF3O/c15-13(19)12-4-2-1-3-11(12)9-5-7-10(8-6-9)14(16,17)18/h1-8H. The molecule has 0 amide bonds. The van der Waals surface area contributed by atoms with Gasteiger partial charge in [0.05, 0.1) is 5.56 Å². The van der Waals surface area contributed by atoms with Crippen LogP contribution in [0.4, 0.5) is 13.2 Å². The van der Waals surface area contributed by atoms with Crippen molar-refractivity contribution in [1.29, 1.82) is 0 Å². The molecule has 0 aliphatic carbocycles. The van der Waals surface area contributed by atoms with Crippen LogP contribution in [0.3, 0.4) is 0 Å². The third-order valence-corrected chi connectivity index (χ3v) is 3.09. The molecule has 98 valence electrons. The van der Waals surface area contributed by atoms with Crippen LogP contribution >= 0.6 is 15.9 Å². The zero-order chi connectivity index (χ0) is 14.0. The molecule has 0 aliphatic rings. The number of hydrogen-bond acceptors (Lipinski definition) is 1. The first-order chi connectivity index (χ1) is 8.89. The molecule has 0 spiro atoms. The number of rotatable bonds is 2. The van der Waals surface area contributed by atoms with Crippen molar-refractivity contribution >= 4 is 20.6 Å². The molecule has 2 aromatic rings. The van der Waals surface area contributed by atoms with Crippen molar-refractivity contribution in [2.24, 2.45) is 0 Å². The van der Waals surface area contributed by atoms with Crippen LogP contribution in [-0.4, -0.2) is 4.69 Å². The van der Waals surface area contributed by atoms with Crippen LogP contribution in [0, 0.1) is 0 Å².